The van der Waals surface area contributed by atoms with Crippen LogP contribution in [0.25, 0.3) is 11.4 Å². The van der Waals surface area contributed by atoms with Gasteiger partial charge in [0.15, 0.2) is 5.82 Å². The van der Waals surface area contributed by atoms with Crippen LogP contribution in [0.5, 0.6) is 0 Å². The molecule has 1 aliphatic rings. The summed E-state index contributed by atoms with van der Waals surface area (Å²) in [6.07, 6.45) is 2.53. The van der Waals surface area contributed by atoms with E-state index < -0.39 is 0 Å². The lowest BCUT2D eigenvalue weighted by molar-refractivity contribution is 0.548. The van der Waals surface area contributed by atoms with Crippen LogP contribution in [-0.4, -0.2) is 20.2 Å². The molecule has 0 saturated heterocycles. The second-order valence-electron chi connectivity index (χ2n) is 4.36. The molecule has 88 valence electrons. The van der Waals surface area contributed by atoms with E-state index in [1.54, 1.807) is 12.1 Å². The zero-order valence-corrected chi connectivity index (χ0v) is 9.93. The van der Waals surface area contributed by atoms with E-state index in [1.165, 1.54) is 12.8 Å². The second-order valence-corrected chi connectivity index (χ2v) is 4.77. The standard InChI is InChI=1S/C11H12ClN5/c12-9-4-3-8(5-10(9)13)11-14-15-16-17(11)6-7-1-2-7/h3-5,7H,1-2,6,13H2. The van der Waals surface area contributed by atoms with Crippen LogP contribution in [0.3, 0.4) is 0 Å². The first kappa shape index (κ1) is 10.5. The number of hydrogen-bond acceptors (Lipinski definition) is 4. The van der Waals surface area contributed by atoms with Crippen LogP contribution in [-0.2, 0) is 6.54 Å². The first-order valence-corrected chi connectivity index (χ1v) is 5.93. The zero-order chi connectivity index (χ0) is 11.8. The Balaban J connectivity index is 1.96. The molecule has 1 aromatic carbocycles. The van der Waals surface area contributed by atoms with E-state index in [4.69, 9.17) is 17.3 Å². The van der Waals surface area contributed by atoms with Crippen molar-refractivity contribution in [1.29, 1.82) is 0 Å². The highest BCUT2D eigenvalue weighted by molar-refractivity contribution is 6.33. The molecule has 6 heteroatoms. The van der Waals surface area contributed by atoms with Gasteiger partial charge < -0.3 is 5.73 Å². The fourth-order valence-corrected chi connectivity index (χ4v) is 1.88. The lowest BCUT2D eigenvalue weighted by atomic mass is 10.2. The van der Waals surface area contributed by atoms with Gasteiger partial charge in [0.05, 0.1) is 10.7 Å². The molecule has 1 saturated carbocycles. The number of nitrogens with two attached hydrogens (primary N) is 1. The monoisotopic (exact) mass is 249 g/mol. The van der Waals surface area contributed by atoms with Gasteiger partial charge in [0, 0.05) is 12.1 Å². The van der Waals surface area contributed by atoms with Crippen LogP contribution in [0.4, 0.5) is 5.69 Å². The van der Waals surface area contributed by atoms with Gasteiger partial charge in [-0.05, 0) is 47.4 Å². The van der Waals surface area contributed by atoms with Gasteiger partial charge in [0.25, 0.3) is 0 Å². The van der Waals surface area contributed by atoms with Gasteiger partial charge in [0.1, 0.15) is 0 Å². The molecule has 1 aliphatic carbocycles. The Bertz CT molecular complexity index is 547. The molecule has 0 amide bonds. The highest BCUT2D eigenvalue weighted by Gasteiger charge is 2.24. The molecule has 17 heavy (non-hydrogen) atoms. The predicted octanol–water partition coefficient (Wildman–Crippen LogP) is 1.99. The average Bonchev–Trinajstić information content (AvgIpc) is 3.00. The van der Waals surface area contributed by atoms with E-state index in [1.807, 2.05) is 10.7 Å². The predicted molar refractivity (Wildman–Crippen MR) is 65.4 cm³/mol. The fraction of sp³-hybridized carbons (Fsp3) is 0.364. The van der Waals surface area contributed by atoms with Crippen LogP contribution in [0.2, 0.25) is 5.02 Å². The summed E-state index contributed by atoms with van der Waals surface area (Å²) in [7, 11) is 0. The Kier molecular flexibility index (Phi) is 2.48. The normalized spacial score (nSPS) is 15.1. The third-order valence-electron chi connectivity index (χ3n) is 2.91. The van der Waals surface area contributed by atoms with Crippen molar-refractivity contribution in [3.05, 3.63) is 23.2 Å². The molecule has 2 N–H and O–H groups in total. The van der Waals surface area contributed by atoms with Crippen LogP contribution in [0, 0.1) is 5.92 Å². The Morgan fingerprint density at radius 1 is 1.41 bits per heavy atom. The van der Waals surface area contributed by atoms with Gasteiger partial charge in [0.2, 0.25) is 0 Å². The molecule has 0 aliphatic heterocycles. The molecular weight excluding hydrogens is 238 g/mol. The van der Waals surface area contributed by atoms with E-state index in [0.29, 0.717) is 10.7 Å². The van der Waals surface area contributed by atoms with Gasteiger partial charge in [-0.15, -0.1) is 5.10 Å². The summed E-state index contributed by atoms with van der Waals surface area (Å²) in [6, 6.07) is 5.45. The SMILES string of the molecule is Nc1cc(-c2nnnn2CC2CC2)ccc1Cl. The fourth-order valence-electron chi connectivity index (χ4n) is 1.76. The molecule has 5 nitrogen and oxygen atoms in total. The number of rotatable bonds is 3. The molecule has 1 heterocycles. The van der Waals surface area contributed by atoms with E-state index >= 15 is 0 Å². The molecule has 0 radical (unpaired) electrons. The quantitative estimate of drug-likeness (QED) is 0.845. The zero-order valence-electron chi connectivity index (χ0n) is 9.17. The van der Waals surface area contributed by atoms with Gasteiger partial charge in [-0.1, -0.05) is 11.6 Å². The summed E-state index contributed by atoms with van der Waals surface area (Å²) in [5, 5.41) is 12.3. The van der Waals surface area contributed by atoms with Crippen LogP contribution < -0.4 is 5.73 Å². The Morgan fingerprint density at radius 3 is 2.94 bits per heavy atom. The number of tetrazole rings is 1. The number of halogens is 1. The summed E-state index contributed by atoms with van der Waals surface area (Å²) in [4.78, 5) is 0. The second kappa shape index (κ2) is 4.00. The lowest BCUT2D eigenvalue weighted by Crippen LogP contribution is -2.04. The molecule has 0 spiro atoms. The molecular formula is C11H12ClN5. The topological polar surface area (TPSA) is 69.6 Å². The summed E-state index contributed by atoms with van der Waals surface area (Å²) in [6.45, 7) is 0.880. The van der Waals surface area contributed by atoms with E-state index in [0.717, 1.165) is 23.9 Å². The summed E-state index contributed by atoms with van der Waals surface area (Å²) < 4.78 is 1.83. The first-order chi connectivity index (χ1) is 8.24. The summed E-state index contributed by atoms with van der Waals surface area (Å²) >= 11 is 5.89. The maximum Gasteiger partial charge on any atom is 0.182 e. The third kappa shape index (κ3) is 2.10. The number of hydrogen-bond donors (Lipinski definition) is 1. The summed E-state index contributed by atoms with van der Waals surface area (Å²) in [5.74, 6) is 1.47. The van der Waals surface area contributed by atoms with Gasteiger partial charge in [-0.2, -0.15) is 0 Å². The Labute approximate surface area is 104 Å². The molecule has 1 fully saturated rings. The summed E-state index contributed by atoms with van der Waals surface area (Å²) in [5.41, 5.74) is 7.23. The maximum absolute atomic E-state index is 5.89. The molecule has 3 rings (SSSR count). The van der Waals surface area contributed by atoms with E-state index in [2.05, 4.69) is 15.5 Å². The van der Waals surface area contributed by atoms with Gasteiger partial charge in [-0.3, -0.25) is 0 Å². The number of nitrogen functional groups attached to an aromatic ring is 1. The van der Waals surface area contributed by atoms with Crippen LogP contribution >= 0.6 is 11.6 Å². The molecule has 2 aromatic rings. The van der Waals surface area contributed by atoms with Crippen LogP contribution in [0.15, 0.2) is 18.2 Å². The molecule has 0 unspecified atom stereocenters. The van der Waals surface area contributed by atoms with Crippen molar-refractivity contribution in [2.24, 2.45) is 5.92 Å². The first-order valence-electron chi connectivity index (χ1n) is 5.55. The Hall–Kier alpha value is -1.62. The minimum absolute atomic E-state index is 0.546. The smallest absolute Gasteiger partial charge is 0.182 e. The van der Waals surface area contributed by atoms with Gasteiger partial charge >= 0.3 is 0 Å². The van der Waals surface area contributed by atoms with Crippen LogP contribution in [0.1, 0.15) is 12.8 Å². The van der Waals surface area contributed by atoms with E-state index in [-0.39, 0.29) is 0 Å². The number of nitrogens with zero attached hydrogens (tertiary/aromatic N) is 4. The number of anilines is 1. The molecule has 0 bridgehead atoms. The van der Waals surface area contributed by atoms with E-state index in [9.17, 15) is 0 Å². The van der Waals surface area contributed by atoms with Gasteiger partial charge in [-0.25, -0.2) is 4.68 Å². The van der Waals surface area contributed by atoms with Crippen molar-refractivity contribution in [3.63, 3.8) is 0 Å². The average molecular weight is 250 g/mol. The van der Waals surface area contributed by atoms with Crippen molar-refractivity contribution in [3.8, 4) is 11.4 Å². The largest absolute Gasteiger partial charge is 0.398 e. The Morgan fingerprint density at radius 2 is 2.24 bits per heavy atom. The van der Waals surface area contributed by atoms with Crippen molar-refractivity contribution in [1.82, 2.24) is 20.2 Å². The highest BCUT2D eigenvalue weighted by atomic mass is 35.5. The minimum atomic E-state index is 0.546. The van der Waals surface area contributed by atoms with Crippen molar-refractivity contribution < 1.29 is 0 Å². The number of benzene rings is 1. The molecule has 1 aromatic heterocycles. The molecule has 0 atom stereocenters. The minimum Gasteiger partial charge on any atom is -0.398 e. The van der Waals surface area contributed by atoms with Crippen molar-refractivity contribution in [2.45, 2.75) is 19.4 Å². The highest BCUT2D eigenvalue weighted by Crippen LogP contribution is 2.32. The van der Waals surface area contributed by atoms with Crippen molar-refractivity contribution >= 4 is 17.3 Å². The maximum atomic E-state index is 5.89. The number of aromatic nitrogens is 4. The lowest BCUT2D eigenvalue weighted by Gasteiger charge is -2.05. The van der Waals surface area contributed by atoms with Crippen molar-refractivity contribution in [2.75, 3.05) is 5.73 Å². The third-order valence-corrected chi connectivity index (χ3v) is 3.26.